The Balaban J connectivity index is 1.84. The van der Waals surface area contributed by atoms with Gasteiger partial charge >= 0.3 is 6.03 Å². The number of hydrogen-bond acceptors (Lipinski definition) is 4. The van der Waals surface area contributed by atoms with Crippen LogP contribution in [0, 0.1) is 0 Å². The second-order valence-electron chi connectivity index (χ2n) is 6.09. The van der Waals surface area contributed by atoms with Crippen molar-refractivity contribution in [2.75, 3.05) is 6.61 Å². The highest BCUT2D eigenvalue weighted by Crippen LogP contribution is 2.32. The first kappa shape index (κ1) is 18.4. The van der Waals surface area contributed by atoms with Crippen LogP contribution >= 0.6 is 0 Å². The average Bonchev–Trinajstić information content (AvgIpc) is 2.96. The monoisotopic (exact) mass is 363 g/mol. The molecule has 0 radical (unpaired) electrons. The molecule has 1 fully saturated rings. The lowest BCUT2D eigenvalue weighted by molar-refractivity contribution is -0.131. The van der Waals surface area contributed by atoms with Crippen LogP contribution in [0.5, 0.6) is 5.75 Å². The zero-order chi connectivity index (χ0) is 19.3. The van der Waals surface area contributed by atoms with Gasteiger partial charge in [0, 0.05) is 0 Å². The summed E-state index contributed by atoms with van der Waals surface area (Å²) in [4.78, 5) is 25.4. The van der Waals surface area contributed by atoms with Crippen molar-refractivity contribution in [1.82, 2.24) is 10.3 Å². The minimum absolute atomic E-state index is 0.392. The highest BCUT2D eigenvalue weighted by atomic mass is 16.5. The third kappa shape index (κ3) is 3.60. The minimum Gasteiger partial charge on any atom is -0.490 e. The fourth-order valence-electron chi connectivity index (χ4n) is 2.99. The van der Waals surface area contributed by atoms with Gasteiger partial charge in [-0.25, -0.2) is 4.79 Å². The summed E-state index contributed by atoms with van der Waals surface area (Å²) in [5, 5.41) is 7.80. The third-order valence-electron chi connectivity index (χ3n) is 4.42. The molecule has 0 spiro atoms. The molecule has 3 rings (SSSR count). The van der Waals surface area contributed by atoms with Crippen molar-refractivity contribution in [3.05, 3.63) is 78.4 Å². The molecule has 0 unspecified atom stereocenters. The van der Waals surface area contributed by atoms with Gasteiger partial charge in [-0.1, -0.05) is 62.0 Å². The van der Waals surface area contributed by atoms with Crippen molar-refractivity contribution < 1.29 is 14.3 Å². The molecule has 2 aromatic rings. The zero-order valence-electron chi connectivity index (χ0n) is 15.1. The summed E-state index contributed by atoms with van der Waals surface area (Å²) in [6.07, 6.45) is 3.55. The molecule has 0 bridgehead atoms. The summed E-state index contributed by atoms with van der Waals surface area (Å²) in [6, 6.07) is 15.9. The highest BCUT2D eigenvalue weighted by Gasteiger charge is 2.51. The van der Waals surface area contributed by atoms with Crippen LogP contribution in [0.1, 0.15) is 24.5 Å². The molecule has 0 saturated carbocycles. The van der Waals surface area contributed by atoms with E-state index in [-0.39, 0.29) is 0 Å². The Morgan fingerprint density at radius 2 is 1.96 bits per heavy atom. The fourth-order valence-corrected chi connectivity index (χ4v) is 2.99. The molecule has 0 aliphatic carbocycles. The molecule has 6 nitrogen and oxygen atoms in total. The van der Waals surface area contributed by atoms with Crippen molar-refractivity contribution >= 4 is 18.2 Å². The van der Waals surface area contributed by atoms with Gasteiger partial charge in [0.25, 0.3) is 5.91 Å². The lowest BCUT2D eigenvalue weighted by Gasteiger charge is -2.24. The number of hydrazone groups is 1. The van der Waals surface area contributed by atoms with E-state index in [2.05, 4.69) is 17.0 Å². The summed E-state index contributed by atoms with van der Waals surface area (Å²) < 4.78 is 5.48. The highest BCUT2D eigenvalue weighted by molar-refractivity contribution is 6.07. The number of hydrogen-bond donors (Lipinski definition) is 1. The molecule has 6 heteroatoms. The summed E-state index contributed by atoms with van der Waals surface area (Å²) in [5.41, 5.74) is 0.360. The van der Waals surface area contributed by atoms with Crippen LogP contribution in [0.15, 0.2) is 72.4 Å². The Labute approximate surface area is 158 Å². The number of nitrogens with one attached hydrogen (secondary N) is 1. The van der Waals surface area contributed by atoms with E-state index < -0.39 is 17.5 Å². The van der Waals surface area contributed by atoms with Gasteiger partial charge in [0.1, 0.15) is 17.9 Å². The van der Waals surface area contributed by atoms with E-state index in [0.717, 1.165) is 10.6 Å². The van der Waals surface area contributed by atoms with Crippen molar-refractivity contribution in [2.24, 2.45) is 5.10 Å². The number of urea groups is 1. The molecule has 0 aromatic heterocycles. The molecule has 1 aliphatic heterocycles. The van der Waals surface area contributed by atoms with Crippen LogP contribution in [0.25, 0.3) is 0 Å². The van der Waals surface area contributed by atoms with E-state index in [0.29, 0.717) is 24.3 Å². The molecule has 1 atom stereocenters. The molecule has 27 heavy (non-hydrogen) atoms. The van der Waals surface area contributed by atoms with E-state index in [1.165, 1.54) is 6.21 Å². The van der Waals surface area contributed by atoms with Crippen LogP contribution in [0.3, 0.4) is 0 Å². The van der Waals surface area contributed by atoms with Gasteiger partial charge < -0.3 is 10.1 Å². The van der Waals surface area contributed by atoms with Crippen LogP contribution in [0.2, 0.25) is 0 Å². The summed E-state index contributed by atoms with van der Waals surface area (Å²) in [7, 11) is 0. The van der Waals surface area contributed by atoms with Gasteiger partial charge in [0.05, 0.1) is 6.21 Å². The number of carbonyl (C=O) groups excluding carboxylic acids is 2. The molecule has 1 heterocycles. The first-order chi connectivity index (χ1) is 13.1. The van der Waals surface area contributed by atoms with Crippen LogP contribution in [-0.4, -0.2) is 29.8 Å². The van der Waals surface area contributed by atoms with E-state index in [9.17, 15) is 9.59 Å². The Kier molecular flexibility index (Phi) is 5.35. The molecule has 3 amide bonds. The summed E-state index contributed by atoms with van der Waals surface area (Å²) >= 11 is 0. The molecule has 1 saturated heterocycles. The van der Waals surface area contributed by atoms with Gasteiger partial charge in [-0.3, -0.25) is 4.79 Å². The Hall–Kier alpha value is -3.41. The second kappa shape index (κ2) is 7.86. The van der Waals surface area contributed by atoms with E-state index in [4.69, 9.17) is 4.74 Å². The number of ether oxygens (including phenoxy) is 1. The van der Waals surface area contributed by atoms with E-state index in [1.54, 1.807) is 12.1 Å². The summed E-state index contributed by atoms with van der Waals surface area (Å²) in [6.45, 7) is 5.86. The third-order valence-corrected chi connectivity index (χ3v) is 4.42. The number of rotatable bonds is 7. The van der Waals surface area contributed by atoms with Crippen molar-refractivity contribution in [3.63, 3.8) is 0 Å². The van der Waals surface area contributed by atoms with Crippen LogP contribution in [0.4, 0.5) is 4.79 Å². The first-order valence-electron chi connectivity index (χ1n) is 8.70. The summed E-state index contributed by atoms with van der Waals surface area (Å²) in [5.74, 6) is 0.264. The molecular formula is C21H21N3O3. The Morgan fingerprint density at radius 1 is 1.19 bits per heavy atom. The maximum atomic E-state index is 13.0. The molecule has 1 aliphatic rings. The molecule has 2 aromatic carbocycles. The van der Waals surface area contributed by atoms with Gasteiger partial charge in [-0.2, -0.15) is 5.10 Å². The predicted octanol–water partition coefficient (Wildman–Crippen LogP) is 3.44. The number of imide groups is 1. The Morgan fingerprint density at radius 3 is 2.67 bits per heavy atom. The lowest BCUT2D eigenvalue weighted by atomic mass is 9.87. The van der Waals surface area contributed by atoms with Crippen molar-refractivity contribution in [3.8, 4) is 5.75 Å². The number of carbonyl (C=O) groups is 2. The normalized spacial score (nSPS) is 19.4. The average molecular weight is 363 g/mol. The van der Waals surface area contributed by atoms with Crippen LogP contribution < -0.4 is 10.1 Å². The zero-order valence-corrected chi connectivity index (χ0v) is 15.1. The van der Waals surface area contributed by atoms with E-state index in [1.807, 2.05) is 55.5 Å². The fraction of sp³-hybridized carbons (Fsp3) is 0.190. The number of amides is 3. The van der Waals surface area contributed by atoms with Crippen molar-refractivity contribution in [2.45, 2.75) is 18.9 Å². The molecule has 1 N–H and O–H groups in total. The van der Waals surface area contributed by atoms with Crippen molar-refractivity contribution in [1.29, 1.82) is 0 Å². The van der Waals surface area contributed by atoms with Gasteiger partial charge in [0.15, 0.2) is 0 Å². The van der Waals surface area contributed by atoms with Crippen LogP contribution in [-0.2, 0) is 10.3 Å². The second-order valence-corrected chi connectivity index (χ2v) is 6.09. The Bertz CT molecular complexity index is 879. The smallest absolute Gasteiger partial charge is 0.346 e. The molecular weight excluding hydrogens is 342 g/mol. The topological polar surface area (TPSA) is 71.0 Å². The largest absolute Gasteiger partial charge is 0.490 e. The van der Waals surface area contributed by atoms with Gasteiger partial charge in [0.2, 0.25) is 0 Å². The van der Waals surface area contributed by atoms with E-state index >= 15 is 0 Å². The lowest BCUT2D eigenvalue weighted by Crippen LogP contribution is -2.43. The number of nitrogens with zero attached hydrogens (tertiary/aromatic N) is 2. The predicted molar refractivity (Wildman–Crippen MR) is 104 cm³/mol. The maximum Gasteiger partial charge on any atom is 0.346 e. The standard InChI is InChI=1S/C21H21N3O3/c1-3-13-27-18-12-8-9-16(14-18)15-22-24-19(25)21(4-2,23-20(24)26)17-10-6-5-7-11-17/h3,5-12,14-15H,1,4,13H2,2H3,(H,23,26)/b22-15-/t21-/m1/s1. The SMILES string of the molecule is C=CCOc1cccc(/C=N\N2C(=O)N[C@](CC)(c3ccccc3)C2=O)c1. The quantitative estimate of drug-likeness (QED) is 0.465. The maximum absolute atomic E-state index is 13.0. The number of benzene rings is 2. The van der Waals surface area contributed by atoms with Gasteiger partial charge in [-0.15, -0.1) is 5.01 Å². The molecule has 138 valence electrons. The first-order valence-corrected chi connectivity index (χ1v) is 8.70. The van der Waals surface area contributed by atoms with Gasteiger partial charge in [-0.05, 0) is 29.7 Å². The minimum atomic E-state index is -1.09.